The summed E-state index contributed by atoms with van der Waals surface area (Å²) in [6, 6.07) is 0. The van der Waals surface area contributed by atoms with Crippen LogP contribution < -0.4 is 11.2 Å². The minimum absolute atomic E-state index is 0.111. The van der Waals surface area contributed by atoms with Crippen LogP contribution in [0.25, 0.3) is 10.2 Å². The van der Waals surface area contributed by atoms with Crippen molar-refractivity contribution in [3.63, 3.8) is 0 Å². The third-order valence-electron chi connectivity index (χ3n) is 3.60. The number of rotatable bonds is 5. The van der Waals surface area contributed by atoms with Crippen molar-refractivity contribution in [2.75, 3.05) is 0 Å². The standard InChI is InChI=1S/C14H17N5O2S2/c1-4-5-19-13(21)17-18-14(19)22-6-9-15-11(20)10-7(2)8(3)23-12(10)16-9/h4-6H2,1-3H3,(H,17,21)(H,15,16,20). The van der Waals surface area contributed by atoms with Gasteiger partial charge in [0.05, 0.1) is 11.1 Å². The molecule has 3 rings (SSSR count). The van der Waals surface area contributed by atoms with Gasteiger partial charge in [-0.2, -0.15) is 0 Å². The lowest BCUT2D eigenvalue weighted by Crippen LogP contribution is -2.17. The molecule has 23 heavy (non-hydrogen) atoms. The normalized spacial score (nSPS) is 11.4. The van der Waals surface area contributed by atoms with E-state index in [-0.39, 0.29) is 11.2 Å². The Kier molecular flexibility index (Phi) is 4.40. The molecule has 0 aromatic carbocycles. The average Bonchev–Trinajstić information content (AvgIpc) is 2.99. The predicted octanol–water partition coefficient (Wildman–Crippen LogP) is 2.19. The van der Waals surface area contributed by atoms with Crippen LogP contribution >= 0.6 is 23.1 Å². The van der Waals surface area contributed by atoms with Gasteiger partial charge in [-0.1, -0.05) is 18.7 Å². The molecule has 122 valence electrons. The first-order valence-corrected chi connectivity index (χ1v) is 9.08. The second-order valence-electron chi connectivity index (χ2n) is 5.23. The Balaban J connectivity index is 1.88. The summed E-state index contributed by atoms with van der Waals surface area (Å²) in [5.74, 6) is 1.04. The zero-order valence-corrected chi connectivity index (χ0v) is 14.7. The van der Waals surface area contributed by atoms with Crippen LogP contribution in [0.15, 0.2) is 14.7 Å². The first-order valence-electron chi connectivity index (χ1n) is 7.28. The van der Waals surface area contributed by atoms with Gasteiger partial charge in [0, 0.05) is 11.4 Å². The van der Waals surface area contributed by atoms with Gasteiger partial charge < -0.3 is 4.98 Å². The quantitative estimate of drug-likeness (QED) is 0.687. The highest BCUT2D eigenvalue weighted by atomic mass is 32.2. The Hall–Kier alpha value is -1.87. The number of nitrogens with one attached hydrogen (secondary N) is 2. The van der Waals surface area contributed by atoms with E-state index in [0.29, 0.717) is 28.7 Å². The number of thiophene rings is 1. The summed E-state index contributed by atoms with van der Waals surface area (Å²) < 4.78 is 1.60. The van der Waals surface area contributed by atoms with Crippen molar-refractivity contribution in [1.82, 2.24) is 24.7 Å². The fourth-order valence-electron chi connectivity index (χ4n) is 2.33. The van der Waals surface area contributed by atoms with Crippen LogP contribution in [0.4, 0.5) is 0 Å². The molecule has 0 spiro atoms. The average molecular weight is 351 g/mol. The molecule has 0 bridgehead atoms. The monoisotopic (exact) mass is 351 g/mol. The van der Waals surface area contributed by atoms with E-state index in [1.165, 1.54) is 23.1 Å². The molecule has 0 saturated heterocycles. The third-order valence-corrected chi connectivity index (χ3v) is 5.69. The van der Waals surface area contributed by atoms with Crippen molar-refractivity contribution in [2.45, 2.75) is 44.6 Å². The summed E-state index contributed by atoms with van der Waals surface area (Å²) in [4.78, 5) is 33.1. The maximum Gasteiger partial charge on any atom is 0.343 e. The topological polar surface area (TPSA) is 96.4 Å². The zero-order valence-electron chi connectivity index (χ0n) is 13.1. The molecule has 2 N–H and O–H groups in total. The minimum Gasteiger partial charge on any atom is -0.309 e. The van der Waals surface area contributed by atoms with Crippen molar-refractivity contribution in [3.05, 3.63) is 37.1 Å². The molecule has 0 aliphatic heterocycles. The molecule has 0 saturated carbocycles. The fraction of sp³-hybridized carbons (Fsp3) is 0.429. The van der Waals surface area contributed by atoms with Crippen LogP contribution in [0.2, 0.25) is 0 Å². The molecule has 3 heterocycles. The Bertz CT molecular complexity index is 966. The van der Waals surface area contributed by atoms with E-state index >= 15 is 0 Å². The van der Waals surface area contributed by atoms with Gasteiger partial charge in [0.2, 0.25) is 0 Å². The van der Waals surface area contributed by atoms with Crippen LogP contribution in [-0.4, -0.2) is 24.7 Å². The summed E-state index contributed by atoms with van der Waals surface area (Å²) in [6.45, 7) is 6.54. The van der Waals surface area contributed by atoms with Gasteiger partial charge in [0.1, 0.15) is 10.7 Å². The van der Waals surface area contributed by atoms with Gasteiger partial charge in [0.25, 0.3) is 5.56 Å². The van der Waals surface area contributed by atoms with Crippen LogP contribution in [0.3, 0.4) is 0 Å². The Morgan fingerprint density at radius 3 is 2.83 bits per heavy atom. The van der Waals surface area contributed by atoms with Gasteiger partial charge in [-0.25, -0.2) is 14.9 Å². The van der Waals surface area contributed by atoms with Crippen molar-refractivity contribution in [3.8, 4) is 0 Å². The number of nitrogens with zero attached hydrogens (tertiary/aromatic N) is 3. The molecule has 9 heteroatoms. The smallest absolute Gasteiger partial charge is 0.309 e. The number of aromatic amines is 2. The SMILES string of the molecule is CCCn1c(SCc2nc3sc(C)c(C)c3c(=O)[nH]2)n[nH]c1=O. The Labute approximate surface area is 140 Å². The van der Waals surface area contributed by atoms with Crippen LogP contribution in [0.5, 0.6) is 0 Å². The number of hydrogen-bond acceptors (Lipinski definition) is 6. The Morgan fingerprint density at radius 2 is 2.09 bits per heavy atom. The number of fused-ring (bicyclic) bond motifs is 1. The van der Waals surface area contributed by atoms with Gasteiger partial charge >= 0.3 is 5.69 Å². The first-order chi connectivity index (χ1) is 11.0. The summed E-state index contributed by atoms with van der Waals surface area (Å²) >= 11 is 2.91. The third kappa shape index (κ3) is 2.98. The molecule has 0 atom stereocenters. The summed E-state index contributed by atoms with van der Waals surface area (Å²) in [5.41, 5.74) is 0.665. The van der Waals surface area contributed by atoms with Gasteiger partial charge in [-0.3, -0.25) is 9.36 Å². The lowest BCUT2D eigenvalue weighted by Gasteiger charge is -2.03. The molecule has 7 nitrogen and oxygen atoms in total. The Morgan fingerprint density at radius 1 is 1.30 bits per heavy atom. The molecule has 0 radical (unpaired) electrons. The number of H-pyrrole nitrogens is 2. The molecule has 0 amide bonds. The number of aromatic nitrogens is 5. The lowest BCUT2D eigenvalue weighted by molar-refractivity contribution is 0.603. The number of thioether (sulfide) groups is 1. The zero-order chi connectivity index (χ0) is 16.6. The predicted molar refractivity (Wildman–Crippen MR) is 92.4 cm³/mol. The molecular formula is C14H17N5O2S2. The van der Waals surface area contributed by atoms with Gasteiger partial charge in [-0.05, 0) is 25.8 Å². The van der Waals surface area contributed by atoms with Crippen molar-refractivity contribution in [1.29, 1.82) is 0 Å². The number of aryl methyl sites for hydroxylation is 2. The molecule has 0 aliphatic carbocycles. The fourth-order valence-corrected chi connectivity index (χ4v) is 4.23. The lowest BCUT2D eigenvalue weighted by atomic mass is 10.2. The highest BCUT2D eigenvalue weighted by Gasteiger charge is 2.13. The van der Waals surface area contributed by atoms with Crippen LogP contribution in [0.1, 0.15) is 29.6 Å². The maximum atomic E-state index is 12.2. The highest BCUT2D eigenvalue weighted by molar-refractivity contribution is 7.98. The molecular weight excluding hydrogens is 334 g/mol. The molecule has 0 unspecified atom stereocenters. The summed E-state index contributed by atoms with van der Waals surface area (Å²) in [5, 5.41) is 7.76. The summed E-state index contributed by atoms with van der Waals surface area (Å²) in [7, 11) is 0. The van der Waals surface area contributed by atoms with E-state index in [1.807, 2.05) is 20.8 Å². The van der Waals surface area contributed by atoms with E-state index in [0.717, 1.165) is 21.7 Å². The van der Waals surface area contributed by atoms with Crippen LogP contribution in [-0.2, 0) is 12.3 Å². The van der Waals surface area contributed by atoms with E-state index in [4.69, 9.17) is 0 Å². The largest absolute Gasteiger partial charge is 0.343 e. The van der Waals surface area contributed by atoms with Gasteiger partial charge in [0.15, 0.2) is 5.16 Å². The van der Waals surface area contributed by atoms with Crippen molar-refractivity contribution in [2.24, 2.45) is 0 Å². The minimum atomic E-state index is -0.212. The summed E-state index contributed by atoms with van der Waals surface area (Å²) in [6.07, 6.45) is 0.849. The van der Waals surface area contributed by atoms with E-state index in [9.17, 15) is 9.59 Å². The molecule has 3 aromatic heterocycles. The highest BCUT2D eigenvalue weighted by Crippen LogP contribution is 2.26. The second kappa shape index (κ2) is 6.32. The van der Waals surface area contributed by atoms with Crippen molar-refractivity contribution < 1.29 is 0 Å². The van der Waals surface area contributed by atoms with E-state index in [1.54, 1.807) is 4.57 Å². The number of hydrogen-bond donors (Lipinski definition) is 2. The van der Waals surface area contributed by atoms with E-state index in [2.05, 4.69) is 20.2 Å². The van der Waals surface area contributed by atoms with E-state index < -0.39 is 0 Å². The molecule has 3 aromatic rings. The second-order valence-corrected chi connectivity index (χ2v) is 7.37. The molecule has 0 aliphatic rings. The molecule has 0 fully saturated rings. The van der Waals surface area contributed by atoms with Crippen molar-refractivity contribution >= 4 is 33.3 Å². The van der Waals surface area contributed by atoms with Gasteiger partial charge in [-0.15, -0.1) is 16.4 Å². The van der Waals surface area contributed by atoms with Crippen LogP contribution in [0, 0.1) is 13.8 Å². The maximum absolute atomic E-state index is 12.2. The first kappa shape index (κ1) is 16.0.